The average molecular weight is 478 g/mol. The van der Waals surface area contributed by atoms with Crippen LogP contribution in [0.1, 0.15) is 56.0 Å². The first-order valence-corrected chi connectivity index (χ1v) is 11.0. The molecule has 9 nitrogen and oxygen atoms in total. The van der Waals surface area contributed by atoms with Crippen molar-refractivity contribution in [3.8, 4) is 0 Å². The van der Waals surface area contributed by atoms with Gasteiger partial charge in [0, 0.05) is 24.7 Å². The van der Waals surface area contributed by atoms with Crippen LogP contribution >= 0.6 is 0 Å². The van der Waals surface area contributed by atoms with E-state index in [1.807, 2.05) is 20.8 Å². The molecule has 1 heterocycles. The van der Waals surface area contributed by atoms with Gasteiger partial charge in [0.05, 0.1) is 5.56 Å². The van der Waals surface area contributed by atoms with Gasteiger partial charge in [0.1, 0.15) is 11.4 Å². The molecule has 0 aliphatic carbocycles. The molecule has 0 radical (unpaired) electrons. The highest BCUT2D eigenvalue weighted by molar-refractivity contribution is 6.14. The average Bonchev–Trinajstić information content (AvgIpc) is 2.84. The van der Waals surface area contributed by atoms with Gasteiger partial charge in [-0.3, -0.25) is 23.5 Å². The zero-order valence-electron chi connectivity index (χ0n) is 20.0. The number of nitrogens with zero attached hydrogens (tertiary/aromatic N) is 2. The summed E-state index contributed by atoms with van der Waals surface area (Å²) >= 11 is 0. The Morgan fingerprint density at radius 2 is 1.57 bits per heavy atom. The van der Waals surface area contributed by atoms with E-state index in [2.05, 4.69) is 0 Å². The van der Waals surface area contributed by atoms with Gasteiger partial charge in [-0.05, 0) is 18.9 Å². The Bertz CT molecular complexity index is 1410. The van der Waals surface area contributed by atoms with E-state index < -0.39 is 35.2 Å². The molecule has 0 unspecified atom stereocenters. The van der Waals surface area contributed by atoms with Crippen molar-refractivity contribution in [1.82, 2.24) is 9.13 Å². The fraction of sp³-hybridized carbons (Fsp3) is 0.269. The van der Waals surface area contributed by atoms with Crippen LogP contribution in [0.5, 0.6) is 0 Å². The summed E-state index contributed by atoms with van der Waals surface area (Å²) in [5.41, 5.74) is 5.55. The van der Waals surface area contributed by atoms with Crippen LogP contribution in [0, 0.1) is 12.8 Å². The third-order valence-electron chi connectivity index (χ3n) is 5.45. The summed E-state index contributed by atoms with van der Waals surface area (Å²) in [5, 5.41) is 0. The van der Waals surface area contributed by atoms with Gasteiger partial charge in [-0.15, -0.1) is 0 Å². The number of hydrogen-bond acceptors (Lipinski definition) is 7. The number of aromatic nitrogens is 2. The number of nitrogens with two attached hydrogens (primary N) is 1. The predicted octanol–water partition coefficient (Wildman–Crippen LogP) is 2.36. The van der Waals surface area contributed by atoms with Gasteiger partial charge < -0.3 is 10.5 Å². The smallest absolute Gasteiger partial charge is 0.339 e. The number of esters is 1. The summed E-state index contributed by atoms with van der Waals surface area (Å²) in [5.74, 6) is -2.38. The number of ketones is 2. The monoisotopic (exact) mass is 477 g/mol. The Morgan fingerprint density at radius 1 is 0.971 bits per heavy atom. The second kappa shape index (κ2) is 10.3. The standard InChI is InChI=1S/C26H27N3O6/c1-15(2)13-29-23(27)21(24(32)28(4)26(29)34)20(30)14-35-25(33)19-8-6-5-7-18(19)22(31)17-11-9-16(3)10-12-17/h5-12,15H,13-14,27H2,1-4H3. The number of nitrogen functional groups attached to an aromatic ring is 1. The molecule has 182 valence electrons. The highest BCUT2D eigenvalue weighted by atomic mass is 16.5. The zero-order chi connectivity index (χ0) is 25.9. The van der Waals surface area contributed by atoms with Gasteiger partial charge in [-0.1, -0.05) is 61.9 Å². The molecule has 9 heteroatoms. The van der Waals surface area contributed by atoms with Gasteiger partial charge in [-0.2, -0.15) is 0 Å². The van der Waals surface area contributed by atoms with Crippen molar-refractivity contribution in [3.05, 3.63) is 97.2 Å². The van der Waals surface area contributed by atoms with Gasteiger partial charge in [-0.25, -0.2) is 9.59 Å². The van der Waals surface area contributed by atoms with Crippen molar-refractivity contribution in [2.45, 2.75) is 27.3 Å². The van der Waals surface area contributed by atoms with Crippen molar-refractivity contribution >= 4 is 23.4 Å². The number of rotatable bonds is 8. The summed E-state index contributed by atoms with van der Waals surface area (Å²) in [6, 6.07) is 13.0. The first-order chi connectivity index (χ1) is 16.5. The molecule has 1 aromatic heterocycles. The maximum atomic E-state index is 13.0. The highest BCUT2D eigenvalue weighted by Gasteiger charge is 2.24. The van der Waals surface area contributed by atoms with Crippen LogP contribution in [0.25, 0.3) is 0 Å². The van der Waals surface area contributed by atoms with Crippen LogP contribution in [0.3, 0.4) is 0 Å². The molecule has 2 N–H and O–H groups in total. The topological polar surface area (TPSA) is 130 Å². The summed E-state index contributed by atoms with van der Waals surface area (Å²) < 4.78 is 7.10. The fourth-order valence-electron chi connectivity index (χ4n) is 3.59. The summed E-state index contributed by atoms with van der Waals surface area (Å²) in [7, 11) is 1.25. The third-order valence-corrected chi connectivity index (χ3v) is 5.45. The maximum Gasteiger partial charge on any atom is 0.339 e. The van der Waals surface area contributed by atoms with E-state index in [4.69, 9.17) is 10.5 Å². The van der Waals surface area contributed by atoms with E-state index in [0.29, 0.717) is 5.56 Å². The van der Waals surface area contributed by atoms with Crippen molar-refractivity contribution in [2.75, 3.05) is 12.3 Å². The second-order valence-corrected chi connectivity index (χ2v) is 8.65. The van der Waals surface area contributed by atoms with E-state index >= 15 is 0 Å². The molecule has 0 fully saturated rings. The van der Waals surface area contributed by atoms with E-state index in [-0.39, 0.29) is 35.2 Å². The fourth-order valence-corrected chi connectivity index (χ4v) is 3.59. The normalized spacial score (nSPS) is 10.9. The maximum absolute atomic E-state index is 13.0. The number of hydrogen-bond donors (Lipinski definition) is 1. The number of carbonyl (C=O) groups excluding carboxylic acids is 3. The van der Waals surface area contributed by atoms with Crippen LogP contribution < -0.4 is 17.0 Å². The quantitative estimate of drug-likeness (QED) is 0.389. The molecule has 0 bridgehead atoms. The third kappa shape index (κ3) is 5.29. The molecule has 0 saturated carbocycles. The van der Waals surface area contributed by atoms with Crippen molar-refractivity contribution in [1.29, 1.82) is 0 Å². The number of carbonyl (C=O) groups is 3. The first kappa shape index (κ1) is 25.4. The summed E-state index contributed by atoms with van der Waals surface area (Å²) in [4.78, 5) is 63.6. The van der Waals surface area contributed by atoms with E-state index in [9.17, 15) is 24.0 Å². The van der Waals surface area contributed by atoms with Crippen LogP contribution in [-0.4, -0.2) is 33.3 Å². The Hall–Kier alpha value is -4.27. The lowest BCUT2D eigenvalue weighted by molar-refractivity contribution is 0.0472. The second-order valence-electron chi connectivity index (χ2n) is 8.65. The number of Topliss-reactive ketones (excluding diaryl/α,β-unsaturated/α-hetero) is 1. The molecule has 35 heavy (non-hydrogen) atoms. The Balaban J connectivity index is 1.87. The van der Waals surface area contributed by atoms with Gasteiger partial charge in [0.15, 0.2) is 12.4 Å². The number of ether oxygens (including phenoxy) is 1. The number of aryl methyl sites for hydroxylation is 1. The van der Waals surface area contributed by atoms with E-state index in [1.54, 1.807) is 36.4 Å². The Morgan fingerprint density at radius 3 is 2.17 bits per heavy atom. The largest absolute Gasteiger partial charge is 0.454 e. The molecule has 0 atom stereocenters. The molecule has 2 aromatic carbocycles. The van der Waals surface area contributed by atoms with Crippen molar-refractivity contribution in [3.63, 3.8) is 0 Å². The molecule has 0 aliphatic heterocycles. The molecule has 3 aromatic rings. The lowest BCUT2D eigenvalue weighted by atomic mass is 9.98. The molecule has 0 amide bonds. The molecule has 0 saturated heterocycles. The Kier molecular flexibility index (Phi) is 7.49. The van der Waals surface area contributed by atoms with Crippen LogP contribution in [0.2, 0.25) is 0 Å². The minimum Gasteiger partial charge on any atom is -0.454 e. The van der Waals surface area contributed by atoms with Crippen LogP contribution in [0.15, 0.2) is 58.1 Å². The molecule has 0 spiro atoms. The van der Waals surface area contributed by atoms with Crippen LogP contribution in [0.4, 0.5) is 5.82 Å². The van der Waals surface area contributed by atoms with Crippen LogP contribution in [-0.2, 0) is 18.3 Å². The highest BCUT2D eigenvalue weighted by Crippen LogP contribution is 2.17. The van der Waals surface area contributed by atoms with Gasteiger partial charge in [0.2, 0.25) is 5.78 Å². The summed E-state index contributed by atoms with van der Waals surface area (Å²) in [6.07, 6.45) is 0. The number of anilines is 1. The molecular weight excluding hydrogens is 450 g/mol. The van der Waals surface area contributed by atoms with E-state index in [1.165, 1.54) is 19.2 Å². The number of benzene rings is 2. The zero-order valence-corrected chi connectivity index (χ0v) is 20.0. The predicted molar refractivity (Wildman–Crippen MR) is 131 cm³/mol. The molecule has 3 rings (SSSR count). The Labute approximate surface area is 201 Å². The molecular formula is C26H27N3O6. The molecule has 0 aliphatic rings. The first-order valence-electron chi connectivity index (χ1n) is 11.0. The van der Waals surface area contributed by atoms with Gasteiger partial charge >= 0.3 is 11.7 Å². The lowest BCUT2D eigenvalue weighted by Gasteiger charge is -2.16. The van der Waals surface area contributed by atoms with Gasteiger partial charge in [0.25, 0.3) is 5.56 Å². The SMILES string of the molecule is Cc1ccc(C(=O)c2ccccc2C(=O)OCC(=O)c2c(N)n(CC(C)C)c(=O)n(C)c2=O)cc1. The van der Waals surface area contributed by atoms with E-state index in [0.717, 1.165) is 14.7 Å². The van der Waals surface area contributed by atoms with Crippen molar-refractivity contribution < 1.29 is 19.1 Å². The minimum absolute atomic E-state index is 0.0171. The van der Waals surface area contributed by atoms with Crippen molar-refractivity contribution in [2.24, 2.45) is 13.0 Å². The lowest BCUT2D eigenvalue weighted by Crippen LogP contribution is -2.43. The minimum atomic E-state index is -0.902. The summed E-state index contributed by atoms with van der Waals surface area (Å²) in [6.45, 7) is 5.02.